The van der Waals surface area contributed by atoms with Crippen molar-refractivity contribution in [3.05, 3.63) is 35.9 Å². The summed E-state index contributed by atoms with van der Waals surface area (Å²) in [6.07, 6.45) is 4.32. The van der Waals surface area contributed by atoms with E-state index in [1.807, 2.05) is 35.2 Å². The Hall–Kier alpha value is -1.84. The van der Waals surface area contributed by atoms with E-state index in [-0.39, 0.29) is 17.7 Å². The number of benzene rings is 1. The Morgan fingerprint density at radius 2 is 1.86 bits per heavy atom. The van der Waals surface area contributed by atoms with Gasteiger partial charge in [0, 0.05) is 18.7 Å². The molecule has 22 heavy (non-hydrogen) atoms. The number of nitrogens with zero attached hydrogens (tertiary/aromatic N) is 1. The van der Waals surface area contributed by atoms with Gasteiger partial charge < -0.3 is 10.0 Å². The second-order valence-electron chi connectivity index (χ2n) is 6.08. The predicted octanol–water partition coefficient (Wildman–Crippen LogP) is 3.43. The molecule has 1 aromatic rings. The van der Waals surface area contributed by atoms with Crippen LogP contribution in [-0.4, -0.2) is 35.0 Å². The monoisotopic (exact) mass is 303 g/mol. The van der Waals surface area contributed by atoms with E-state index in [0.29, 0.717) is 18.7 Å². The van der Waals surface area contributed by atoms with Crippen molar-refractivity contribution in [2.24, 2.45) is 11.8 Å². The third-order valence-electron chi connectivity index (χ3n) is 4.60. The van der Waals surface area contributed by atoms with Crippen LogP contribution in [0.2, 0.25) is 0 Å². The Balaban J connectivity index is 1.92. The number of carbonyl (C=O) groups is 2. The average Bonchev–Trinajstić information content (AvgIpc) is 2.55. The highest BCUT2D eigenvalue weighted by Crippen LogP contribution is 2.29. The summed E-state index contributed by atoms with van der Waals surface area (Å²) in [6, 6.07) is 9.29. The molecule has 120 valence electrons. The summed E-state index contributed by atoms with van der Waals surface area (Å²) >= 11 is 0. The van der Waals surface area contributed by atoms with Gasteiger partial charge in [0.25, 0.3) is 5.91 Å². The summed E-state index contributed by atoms with van der Waals surface area (Å²) in [4.78, 5) is 25.7. The number of amides is 1. The number of hydrogen-bond acceptors (Lipinski definition) is 2. The third-order valence-corrected chi connectivity index (χ3v) is 4.60. The molecule has 1 unspecified atom stereocenters. The van der Waals surface area contributed by atoms with Crippen LogP contribution >= 0.6 is 0 Å². The molecule has 1 aliphatic heterocycles. The number of carboxylic acid groups (broad SMARTS) is 1. The molecular weight excluding hydrogens is 278 g/mol. The van der Waals surface area contributed by atoms with E-state index >= 15 is 0 Å². The van der Waals surface area contributed by atoms with Crippen LogP contribution in [0.3, 0.4) is 0 Å². The minimum atomic E-state index is -0.679. The van der Waals surface area contributed by atoms with Crippen molar-refractivity contribution in [2.45, 2.75) is 39.0 Å². The SMILES string of the molecule is CCCCC(C(=O)O)C1CCN(C(=O)c2ccccc2)CC1. The minimum absolute atomic E-state index is 0.0551. The van der Waals surface area contributed by atoms with E-state index in [0.717, 1.165) is 32.1 Å². The summed E-state index contributed by atoms with van der Waals surface area (Å²) in [6.45, 7) is 3.41. The van der Waals surface area contributed by atoms with Gasteiger partial charge in [0.05, 0.1) is 5.92 Å². The molecule has 1 saturated heterocycles. The number of likely N-dealkylation sites (tertiary alicyclic amines) is 1. The van der Waals surface area contributed by atoms with Gasteiger partial charge in [-0.25, -0.2) is 0 Å². The fourth-order valence-electron chi connectivity index (χ4n) is 3.25. The Bertz CT molecular complexity index is 492. The van der Waals surface area contributed by atoms with E-state index in [1.54, 1.807) is 0 Å². The number of piperidine rings is 1. The summed E-state index contributed by atoms with van der Waals surface area (Å²) in [7, 11) is 0. The zero-order chi connectivity index (χ0) is 15.9. The zero-order valence-electron chi connectivity index (χ0n) is 13.2. The topological polar surface area (TPSA) is 57.6 Å². The van der Waals surface area contributed by atoms with Crippen LogP contribution in [0.1, 0.15) is 49.4 Å². The lowest BCUT2D eigenvalue weighted by Crippen LogP contribution is -2.41. The van der Waals surface area contributed by atoms with Crippen molar-refractivity contribution in [3.8, 4) is 0 Å². The average molecular weight is 303 g/mol. The Kier molecular flexibility index (Phi) is 5.99. The zero-order valence-corrected chi connectivity index (χ0v) is 13.2. The van der Waals surface area contributed by atoms with Gasteiger partial charge in [-0.05, 0) is 37.3 Å². The van der Waals surface area contributed by atoms with E-state index in [9.17, 15) is 14.7 Å². The maximum atomic E-state index is 12.4. The van der Waals surface area contributed by atoms with Gasteiger partial charge in [-0.2, -0.15) is 0 Å². The van der Waals surface area contributed by atoms with Crippen LogP contribution in [0.5, 0.6) is 0 Å². The van der Waals surface area contributed by atoms with Gasteiger partial charge >= 0.3 is 5.97 Å². The van der Waals surface area contributed by atoms with Gasteiger partial charge in [0.1, 0.15) is 0 Å². The Labute approximate surface area is 132 Å². The van der Waals surface area contributed by atoms with Crippen LogP contribution < -0.4 is 0 Å². The van der Waals surface area contributed by atoms with Crippen LogP contribution in [0.4, 0.5) is 0 Å². The van der Waals surface area contributed by atoms with Crippen LogP contribution in [0, 0.1) is 11.8 Å². The Morgan fingerprint density at radius 3 is 2.41 bits per heavy atom. The van der Waals surface area contributed by atoms with Crippen molar-refractivity contribution in [3.63, 3.8) is 0 Å². The molecule has 1 heterocycles. The molecule has 1 amide bonds. The molecule has 0 bridgehead atoms. The maximum Gasteiger partial charge on any atom is 0.306 e. The van der Waals surface area contributed by atoms with Gasteiger partial charge in [0.2, 0.25) is 0 Å². The highest BCUT2D eigenvalue weighted by atomic mass is 16.4. The minimum Gasteiger partial charge on any atom is -0.481 e. The molecule has 1 fully saturated rings. The fourth-order valence-corrected chi connectivity index (χ4v) is 3.25. The quantitative estimate of drug-likeness (QED) is 0.876. The third kappa shape index (κ3) is 4.09. The fraction of sp³-hybridized carbons (Fsp3) is 0.556. The van der Waals surface area contributed by atoms with Crippen LogP contribution in [-0.2, 0) is 4.79 Å². The van der Waals surface area contributed by atoms with Crippen molar-refractivity contribution in [2.75, 3.05) is 13.1 Å². The summed E-state index contributed by atoms with van der Waals surface area (Å²) in [5, 5.41) is 9.42. The van der Waals surface area contributed by atoms with Crippen molar-refractivity contribution in [1.29, 1.82) is 0 Å². The summed E-state index contributed by atoms with van der Waals surface area (Å²) < 4.78 is 0. The molecule has 2 rings (SSSR count). The molecule has 4 heteroatoms. The molecule has 0 radical (unpaired) electrons. The number of rotatable bonds is 6. The Morgan fingerprint density at radius 1 is 1.23 bits per heavy atom. The first-order chi connectivity index (χ1) is 10.6. The standard InChI is InChI=1S/C18H25NO3/c1-2-3-9-16(18(21)22)14-10-12-19(13-11-14)17(20)15-7-5-4-6-8-15/h4-8,14,16H,2-3,9-13H2,1H3,(H,21,22). The number of carboxylic acids is 1. The van der Waals surface area contributed by atoms with Crippen molar-refractivity contribution in [1.82, 2.24) is 4.90 Å². The smallest absolute Gasteiger partial charge is 0.306 e. The normalized spacial score (nSPS) is 17.2. The number of aliphatic carboxylic acids is 1. The van der Waals surface area contributed by atoms with Gasteiger partial charge in [-0.3, -0.25) is 9.59 Å². The maximum absolute atomic E-state index is 12.4. The molecule has 1 atom stereocenters. The molecule has 0 aromatic heterocycles. The van der Waals surface area contributed by atoms with E-state index in [2.05, 4.69) is 6.92 Å². The van der Waals surface area contributed by atoms with Crippen LogP contribution in [0.15, 0.2) is 30.3 Å². The predicted molar refractivity (Wildman–Crippen MR) is 85.7 cm³/mol. The number of carbonyl (C=O) groups excluding carboxylic acids is 1. The van der Waals surface area contributed by atoms with E-state index < -0.39 is 5.97 Å². The molecule has 1 aromatic carbocycles. The van der Waals surface area contributed by atoms with E-state index in [4.69, 9.17) is 0 Å². The lowest BCUT2D eigenvalue weighted by Gasteiger charge is -2.34. The first-order valence-electron chi connectivity index (χ1n) is 8.20. The molecule has 0 aliphatic carbocycles. The van der Waals surface area contributed by atoms with Crippen molar-refractivity contribution < 1.29 is 14.7 Å². The molecule has 0 spiro atoms. The largest absolute Gasteiger partial charge is 0.481 e. The first kappa shape index (κ1) is 16.5. The first-order valence-corrected chi connectivity index (χ1v) is 8.20. The van der Waals surface area contributed by atoms with Crippen LogP contribution in [0.25, 0.3) is 0 Å². The number of unbranched alkanes of at least 4 members (excludes halogenated alkanes) is 1. The molecular formula is C18H25NO3. The van der Waals surface area contributed by atoms with Gasteiger partial charge in [0.15, 0.2) is 0 Å². The molecule has 0 saturated carbocycles. The molecule has 1 N–H and O–H groups in total. The highest BCUT2D eigenvalue weighted by Gasteiger charge is 2.32. The molecule has 4 nitrogen and oxygen atoms in total. The lowest BCUT2D eigenvalue weighted by atomic mass is 9.81. The second-order valence-corrected chi connectivity index (χ2v) is 6.08. The van der Waals surface area contributed by atoms with Gasteiger partial charge in [-0.15, -0.1) is 0 Å². The summed E-state index contributed by atoms with van der Waals surface area (Å²) in [5.74, 6) is -0.682. The highest BCUT2D eigenvalue weighted by molar-refractivity contribution is 5.94. The molecule has 1 aliphatic rings. The number of hydrogen-bond donors (Lipinski definition) is 1. The van der Waals surface area contributed by atoms with E-state index in [1.165, 1.54) is 0 Å². The van der Waals surface area contributed by atoms with Crippen molar-refractivity contribution >= 4 is 11.9 Å². The van der Waals surface area contributed by atoms with Gasteiger partial charge in [-0.1, -0.05) is 38.0 Å². The second kappa shape index (κ2) is 7.97. The lowest BCUT2D eigenvalue weighted by molar-refractivity contribution is -0.144. The summed E-state index contributed by atoms with van der Waals surface area (Å²) in [5.41, 5.74) is 0.710.